The highest BCUT2D eigenvalue weighted by atomic mass is 32.2. The van der Waals surface area contributed by atoms with Gasteiger partial charge in [-0.15, -0.1) is 0 Å². The summed E-state index contributed by atoms with van der Waals surface area (Å²) in [6.45, 7) is 7.14. The number of hydrogen-bond donors (Lipinski definition) is 1. The van der Waals surface area contributed by atoms with Crippen LogP contribution in [-0.2, 0) is 26.2 Å². The highest BCUT2D eigenvalue weighted by Crippen LogP contribution is 2.23. The van der Waals surface area contributed by atoms with Crippen LogP contribution in [0.1, 0.15) is 39.7 Å². The van der Waals surface area contributed by atoms with E-state index in [-0.39, 0.29) is 17.3 Å². The number of likely N-dealkylation sites (N-methyl/N-ethyl adjacent to an activating group) is 1. The Balaban J connectivity index is 1.91. The van der Waals surface area contributed by atoms with E-state index in [0.29, 0.717) is 12.2 Å². The summed E-state index contributed by atoms with van der Waals surface area (Å²) >= 11 is 0. The van der Waals surface area contributed by atoms with Gasteiger partial charge in [-0.05, 0) is 67.8 Å². The Morgan fingerprint density at radius 1 is 0.974 bits per heavy atom. The van der Waals surface area contributed by atoms with E-state index >= 15 is 0 Å². The van der Waals surface area contributed by atoms with Crippen LogP contribution in [0.5, 0.6) is 5.75 Å². The largest absolute Gasteiger partial charge is 0.497 e. The number of carbonyl (C=O) groups excluding carboxylic acids is 2. The predicted molar refractivity (Wildman–Crippen MR) is 149 cm³/mol. The van der Waals surface area contributed by atoms with Gasteiger partial charge in [0.15, 0.2) is 0 Å². The van der Waals surface area contributed by atoms with Crippen LogP contribution < -0.4 is 10.1 Å². The van der Waals surface area contributed by atoms with Gasteiger partial charge in [0.05, 0.1) is 18.6 Å². The molecule has 38 heavy (non-hydrogen) atoms. The summed E-state index contributed by atoms with van der Waals surface area (Å²) < 4.78 is 33.1. The molecule has 0 aliphatic rings. The Morgan fingerprint density at radius 3 is 2.29 bits per heavy atom. The molecule has 0 radical (unpaired) electrons. The van der Waals surface area contributed by atoms with E-state index in [1.165, 1.54) is 18.0 Å². The standard InChI is InChI=1S/C29H37N3O5S/c1-7-26(28(34)30-29(2,3)4)32(19-21-11-10-14-24(17-21)37-6)27(33)20-31(5)38(35,36)25-16-15-22-12-8-9-13-23(22)18-25/h8-18,26H,7,19-20H2,1-6H3,(H,30,34)/t26-/m1/s1. The summed E-state index contributed by atoms with van der Waals surface area (Å²) in [7, 11) is -1.03. The van der Waals surface area contributed by atoms with Gasteiger partial charge in [-0.2, -0.15) is 4.31 Å². The molecule has 0 bridgehead atoms. The number of sulfonamides is 1. The van der Waals surface area contributed by atoms with Crippen molar-refractivity contribution in [2.75, 3.05) is 20.7 Å². The molecule has 9 heteroatoms. The molecule has 3 aromatic rings. The van der Waals surface area contributed by atoms with E-state index in [1.54, 1.807) is 31.4 Å². The lowest BCUT2D eigenvalue weighted by molar-refractivity contribution is -0.142. The quantitative estimate of drug-likeness (QED) is 0.417. The molecule has 0 aliphatic heterocycles. The molecule has 0 aromatic heterocycles. The van der Waals surface area contributed by atoms with Crippen molar-refractivity contribution in [2.24, 2.45) is 0 Å². The minimum atomic E-state index is -3.96. The summed E-state index contributed by atoms with van der Waals surface area (Å²) in [5.74, 6) is -0.148. The van der Waals surface area contributed by atoms with Gasteiger partial charge in [-0.3, -0.25) is 9.59 Å². The molecule has 3 aromatic carbocycles. The highest BCUT2D eigenvalue weighted by molar-refractivity contribution is 7.89. The zero-order valence-corrected chi connectivity index (χ0v) is 23.7. The molecular formula is C29H37N3O5S. The molecule has 0 saturated heterocycles. The lowest BCUT2D eigenvalue weighted by atomic mass is 10.1. The first kappa shape index (κ1) is 29.1. The van der Waals surface area contributed by atoms with Gasteiger partial charge < -0.3 is 15.0 Å². The number of nitrogens with one attached hydrogen (secondary N) is 1. The number of rotatable bonds is 10. The lowest BCUT2D eigenvalue weighted by Crippen LogP contribution is -2.55. The molecule has 0 heterocycles. The fraction of sp³-hybridized carbons (Fsp3) is 0.379. The van der Waals surface area contributed by atoms with E-state index in [2.05, 4.69) is 5.32 Å². The molecular weight excluding hydrogens is 502 g/mol. The first-order valence-electron chi connectivity index (χ1n) is 12.6. The maximum Gasteiger partial charge on any atom is 0.243 e. The third kappa shape index (κ3) is 7.11. The maximum absolute atomic E-state index is 13.7. The summed E-state index contributed by atoms with van der Waals surface area (Å²) in [6.07, 6.45) is 0.360. The van der Waals surface area contributed by atoms with Gasteiger partial charge in [-0.1, -0.05) is 49.4 Å². The number of methoxy groups -OCH3 is 1. The molecule has 0 saturated carbocycles. The number of fused-ring (bicyclic) bond motifs is 1. The molecule has 2 amide bonds. The van der Waals surface area contributed by atoms with Crippen LogP contribution in [0.4, 0.5) is 0 Å². The van der Waals surface area contributed by atoms with E-state index in [9.17, 15) is 18.0 Å². The first-order chi connectivity index (χ1) is 17.9. The number of hydrogen-bond acceptors (Lipinski definition) is 5. The van der Waals surface area contributed by atoms with Crippen LogP contribution in [0.25, 0.3) is 10.8 Å². The Labute approximate surface area is 225 Å². The summed E-state index contributed by atoms with van der Waals surface area (Å²) in [5, 5.41) is 4.66. The Morgan fingerprint density at radius 2 is 1.66 bits per heavy atom. The van der Waals surface area contributed by atoms with Gasteiger partial charge in [0, 0.05) is 19.1 Å². The number of ether oxygens (including phenoxy) is 1. The summed E-state index contributed by atoms with van der Waals surface area (Å²) in [5.41, 5.74) is 0.269. The van der Waals surface area contributed by atoms with Crippen molar-refractivity contribution in [1.29, 1.82) is 0 Å². The second-order valence-corrected chi connectivity index (χ2v) is 12.4. The average Bonchev–Trinajstić information content (AvgIpc) is 2.87. The molecule has 204 valence electrons. The van der Waals surface area contributed by atoms with E-state index in [0.717, 1.165) is 20.6 Å². The molecule has 0 unspecified atom stereocenters. The fourth-order valence-electron chi connectivity index (χ4n) is 4.21. The van der Waals surface area contributed by atoms with E-state index in [1.807, 2.05) is 64.1 Å². The van der Waals surface area contributed by atoms with Crippen LogP contribution >= 0.6 is 0 Å². The minimum absolute atomic E-state index is 0.100. The molecule has 1 N–H and O–H groups in total. The van der Waals surface area contributed by atoms with Gasteiger partial charge in [0.25, 0.3) is 0 Å². The number of carbonyl (C=O) groups is 2. The maximum atomic E-state index is 13.7. The Bertz CT molecular complexity index is 1400. The molecule has 0 spiro atoms. The molecule has 3 rings (SSSR count). The number of benzene rings is 3. The second-order valence-electron chi connectivity index (χ2n) is 10.3. The van der Waals surface area contributed by atoms with Crippen molar-refractivity contribution in [3.05, 3.63) is 72.3 Å². The number of amides is 2. The Hall–Kier alpha value is -3.43. The van der Waals surface area contributed by atoms with Gasteiger partial charge in [-0.25, -0.2) is 8.42 Å². The summed E-state index contributed by atoms with van der Waals surface area (Å²) in [4.78, 5) is 28.4. The highest BCUT2D eigenvalue weighted by Gasteiger charge is 2.33. The SMILES string of the molecule is CC[C@H](C(=O)NC(C)(C)C)N(Cc1cccc(OC)c1)C(=O)CN(C)S(=O)(=O)c1ccc2ccccc2c1. The zero-order chi connectivity index (χ0) is 28.1. The zero-order valence-electron chi connectivity index (χ0n) is 22.9. The van der Waals surface area contributed by atoms with Gasteiger partial charge in [0.2, 0.25) is 21.8 Å². The van der Waals surface area contributed by atoms with Crippen molar-refractivity contribution in [1.82, 2.24) is 14.5 Å². The fourth-order valence-corrected chi connectivity index (χ4v) is 5.37. The first-order valence-corrected chi connectivity index (χ1v) is 14.0. The third-order valence-electron chi connectivity index (χ3n) is 6.16. The normalized spacial score (nSPS) is 12.8. The van der Waals surface area contributed by atoms with E-state index < -0.39 is 34.1 Å². The van der Waals surface area contributed by atoms with Crippen molar-refractivity contribution in [3.8, 4) is 5.75 Å². The molecule has 8 nitrogen and oxygen atoms in total. The van der Waals surface area contributed by atoms with Crippen LogP contribution in [0, 0.1) is 0 Å². The van der Waals surface area contributed by atoms with E-state index in [4.69, 9.17) is 4.74 Å². The number of nitrogens with zero attached hydrogens (tertiary/aromatic N) is 2. The van der Waals surface area contributed by atoms with Crippen LogP contribution in [0.2, 0.25) is 0 Å². The van der Waals surface area contributed by atoms with Crippen LogP contribution in [0.15, 0.2) is 71.6 Å². The summed E-state index contributed by atoms with van der Waals surface area (Å²) in [6, 6.07) is 18.8. The van der Waals surface area contributed by atoms with Gasteiger partial charge in [0.1, 0.15) is 11.8 Å². The molecule has 1 atom stereocenters. The minimum Gasteiger partial charge on any atom is -0.497 e. The average molecular weight is 540 g/mol. The van der Waals surface area contributed by atoms with Crippen molar-refractivity contribution in [2.45, 2.75) is 57.1 Å². The van der Waals surface area contributed by atoms with Gasteiger partial charge >= 0.3 is 0 Å². The van der Waals surface area contributed by atoms with Crippen LogP contribution in [-0.4, -0.2) is 61.7 Å². The molecule has 0 fully saturated rings. The third-order valence-corrected chi connectivity index (χ3v) is 7.96. The molecule has 0 aliphatic carbocycles. The van der Waals surface area contributed by atoms with Crippen molar-refractivity contribution >= 4 is 32.6 Å². The predicted octanol–water partition coefficient (Wildman–Crippen LogP) is 4.19. The van der Waals surface area contributed by atoms with Crippen molar-refractivity contribution < 1.29 is 22.7 Å². The monoisotopic (exact) mass is 539 g/mol. The Kier molecular flexibility index (Phi) is 9.17. The van der Waals surface area contributed by atoms with Crippen molar-refractivity contribution in [3.63, 3.8) is 0 Å². The lowest BCUT2D eigenvalue weighted by Gasteiger charge is -2.34. The second kappa shape index (κ2) is 12.0. The van der Waals surface area contributed by atoms with Crippen LogP contribution in [0.3, 0.4) is 0 Å². The topological polar surface area (TPSA) is 96.0 Å². The smallest absolute Gasteiger partial charge is 0.243 e.